The smallest absolute Gasteiger partial charge is 0.318 e. The Morgan fingerprint density at radius 1 is 0.857 bits per heavy atom. The quantitative estimate of drug-likeness (QED) is 0.384. The van der Waals surface area contributed by atoms with Crippen molar-refractivity contribution in [1.29, 1.82) is 0 Å². The van der Waals surface area contributed by atoms with Gasteiger partial charge in [0, 0.05) is 18.2 Å². The Balaban J connectivity index is 1.76. The third kappa shape index (κ3) is 3.12. The average Bonchev–Trinajstić information content (AvgIpc) is 2.68. The topological polar surface area (TPSA) is 116 Å². The molecule has 0 radical (unpaired) electrons. The van der Waals surface area contributed by atoms with Crippen molar-refractivity contribution < 1.29 is 22.3 Å². The number of hydroxylamine groups is 1. The number of nitrogens with two attached hydrogens (primary N) is 1. The normalized spacial score (nSPS) is 12.0. The second kappa shape index (κ2) is 6.74. The molecule has 2 amide bonds. The molecule has 4 aromatic rings. The summed E-state index contributed by atoms with van der Waals surface area (Å²) in [6.45, 7) is 0. The van der Waals surface area contributed by atoms with E-state index in [-0.39, 0.29) is 17.7 Å². The first kappa shape index (κ1) is 18.1. The van der Waals surface area contributed by atoms with E-state index in [9.17, 15) is 18.0 Å². The summed E-state index contributed by atoms with van der Waals surface area (Å²) in [5.74, 6) is -1.41. The van der Waals surface area contributed by atoms with Crippen LogP contribution in [0, 0.1) is 0 Å². The molecular weight excluding hydrogens is 380 g/mol. The van der Waals surface area contributed by atoms with E-state index in [2.05, 4.69) is 0 Å². The maximum atomic E-state index is 12.7. The van der Waals surface area contributed by atoms with Gasteiger partial charge < -0.3 is 5.73 Å². The fraction of sp³-hybridized carbons (Fsp3) is 0.100. The highest BCUT2D eigenvalue weighted by Gasteiger charge is 2.22. The maximum absolute atomic E-state index is 12.7. The molecule has 0 unspecified atom stereocenters. The van der Waals surface area contributed by atoms with Gasteiger partial charge in [-0.25, -0.2) is 5.48 Å². The van der Waals surface area contributed by atoms with Gasteiger partial charge in [0.25, 0.3) is 0 Å². The van der Waals surface area contributed by atoms with Crippen LogP contribution >= 0.6 is 0 Å². The van der Waals surface area contributed by atoms with Crippen LogP contribution in [0.1, 0.15) is 12.8 Å². The van der Waals surface area contributed by atoms with Crippen LogP contribution in [0.4, 0.5) is 0 Å². The minimum Gasteiger partial charge on any atom is -0.370 e. The highest BCUT2D eigenvalue weighted by Crippen LogP contribution is 2.37. The molecule has 0 aliphatic rings. The highest BCUT2D eigenvalue weighted by atomic mass is 32.2. The van der Waals surface area contributed by atoms with Gasteiger partial charge in [-0.3, -0.25) is 9.59 Å². The van der Waals surface area contributed by atoms with Crippen LogP contribution in [0.15, 0.2) is 59.5 Å². The van der Waals surface area contributed by atoms with Gasteiger partial charge in [-0.15, -0.1) is 4.28 Å². The van der Waals surface area contributed by atoms with E-state index in [4.69, 9.17) is 10.0 Å². The van der Waals surface area contributed by atoms with Crippen molar-refractivity contribution in [1.82, 2.24) is 5.48 Å². The summed E-state index contributed by atoms with van der Waals surface area (Å²) < 4.78 is 30.1. The largest absolute Gasteiger partial charge is 0.370 e. The van der Waals surface area contributed by atoms with Gasteiger partial charge in [0.15, 0.2) is 0 Å². The molecule has 8 heteroatoms. The van der Waals surface area contributed by atoms with Gasteiger partial charge in [0.1, 0.15) is 4.90 Å². The standard InChI is InChI=1S/C20H16N2O5S/c21-17(23)10-11-18(24)22-27-28(25,26)16-9-7-14-5-4-12-2-1-3-13-6-8-15(16)20(14)19(12)13/h1-9H,10-11H2,(H2,21,23)(H,22,24). The lowest BCUT2D eigenvalue weighted by atomic mass is 9.94. The third-order valence-corrected chi connectivity index (χ3v) is 5.82. The van der Waals surface area contributed by atoms with Gasteiger partial charge in [-0.05, 0) is 33.0 Å². The SMILES string of the molecule is NC(=O)CCC(=O)NOS(=O)(=O)c1ccc2ccc3cccc4ccc1c2c34. The second-order valence-electron chi connectivity index (χ2n) is 6.45. The number of nitrogens with one attached hydrogen (secondary N) is 1. The minimum absolute atomic E-state index is 0.0477. The van der Waals surface area contributed by atoms with E-state index in [0.717, 1.165) is 26.9 Å². The molecule has 0 spiro atoms. The van der Waals surface area contributed by atoms with Crippen molar-refractivity contribution in [3.63, 3.8) is 0 Å². The summed E-state index contributed by atoms with van der Waals surface area (Å²) in [5, 5.41) is 5.22. The lowest BCUT2D eigenvalue weighted by molar-refractivity contribution is -0.129. The summed E-state index contributed by atoms with van der Waals surface area (Å²) in [4.78, 5) is 22.3. The molecule has 0 saturated heterocycles. The van der Waals surface area contributed by atoms with Crippen LogP contribution in [0.5, 0.6) is 0 Å². The monoisotopic (exact) mass is 396 g/mol. The van der Waals surface area contributed by atoms with Crippen LogP contribution in [-0.4, -0.2) is 20.2 Å². The molecule has 0 heterocycles. The number of carbonyl (C=O) groups is 2. The third-order valence-electron chi connectivity index (χ3n) is 4.62. The number of benzene rings is 4. The molecule has 0 aliphatic heterocycles. The van der Waals surface area contributed by atoms with Gasteiger partial charge in [0.2, 0.25) is 11.8 Å². The Labute approximate surface area is 160 Å². The minimum atomic E-state index is -4.27. The molecule has 0 saturated carbocycles. The van der Waals surface area contributed by atoms with Crippen molar-refractivity contribution in [3.8, 4) is 0 Å². The maximum Gasteiger partial charge on any atom is 0.318 e. The second-order valence-corrected chi connectivity index (χ2v) is 7.96. The van der Waals surface area contributed by atoms with Gasteiger partial charge in [-0.2, -0.15) is 8.42 Å². The molecule has 0 aromatic heterocycles. The van der Waals surface area contributed by atoms with E-state index >= 15 is 0 Å². The predicted octanol–water partition coefficient (Wildman–Crippen LogP) is 2.59. The lowest BCUT2D eigenvalue weighted by Crippen LogP contribution is -2.28. The number of hydrogen-bond acceptors (Lipinski definition) is 5. The zero-order valence-corrected chi connectivity index (χ0v) is 15.5. The summed E-state index contributed by atoms with van der Waals surface area (Å²) in [6.07, 6.45) is -0.461. The van der Waals surface area contributed by atoms with Gasteiger partial charge in [0.05, 0.1) is 0 Å². The van der Waals surface area contributed by atoms with Crippen molar-refractivity contribution in [2.45, 2.75) is 17.7 Å². The van der Waals surface area contributed by atoms with E-state index in [1.54, 1.807) is 12.1 Å². The first-order valence-corrected chi connectivity index (χ1v) is 9.95. The Morgan fingerprint density at radius 3 is 2.14 bits per heavy atom. The summed E-state index contributed by atoms with van der Waals surface area (Å²) in [6, 6.07) is 16.6. The molecular formula is C20H16N2O5S. The van der Waals surface area contributed by atoms with Gasteiger partial charge in [-0.1, -0.05) is 48.5 Å². The molecule has 4 aromatic carbocycles. The number of rotatable bonds is 6. The fourth-order valence-corrected chi connectivity index (χ4v) is 4.33. The lowest BCUT2D eigenvalue weighted by Gasteiger charge is -2.14. The van der Waals surface area contributed by atoms with Crippen LogP contribution < -0.4 is 11.2 Å². The van der Waals surface area contributed by atoms with Crippen molar-refractivity contribution in [3.05, 3.63) is 54.6 Å². The number of amides is 2. The molecule has 4 rings (SSSR count). The average molecular weight is 396 g/mol. The number of primary amides is 1. The van der Waals surface area contributed by atoms with E-state index < -0.39 is 21.9 Å². The first-order chi connectivity index (χ1) is 13.4. The Morgan fingerprint density at radius 2 is 1.46 bits per heavy atom. The number of carbonyl (C=O) groups excluding carboxylic acids is 2. The Hall–Kier alpha value is -3.23. The first-order valence-electron chi connectivity index (χ1n) is 8.54. The molecule has 3 N–H and O–H groups in total. The van der Waals surface area contributed by atoms with E-state index in [0.29, 0.717) is 5.39 Å². The summed E-state index contributed by atoms with van der Waals surface area (Å²) in [5.41, 5.74) is 6.84. The molecule has 0 atom stereocenters. The molecule has 142 valence electrons. The molecule has 0 fully saturated rings. The van der Waals surface area contributed by atoms with Crippen LogP contribution in [0.2, 0.25) is 0 Å². The Kier molecular flexibility index (Phi) is 4.37. The van der Waals surface area contributed by atoms with Crippen LogP contribution in [0.25, 0.3) is 32.3 Å². The molecule has 28 heavy (non-hydrogen) atoms. The Bertz CT molecular complexity index is 1320. The van der Waals surface area contributed by atoms with Crippen molar-refractivity contribution in [2.24, 2.45) is 5.73 Å². The molecule has 7 nitrogen and oxygen atoms in total. The zero-order chi connectivity index (χ0) is 19.9. The van der Waals surface area contributed by atoms with Crippen LogP contribution in [-0.2, 0) is 24.0 Å². The highest BCUT2D eigenvalue weighted by molar-refractivity contribution is 7.87. The summed E-state index contributed by atoms with van der Waals surface area (Å²) >= 11 is 0. The molecule has 0 bridgehead atoms. The fourth-order valence-electron chi connectivity index (χ4n) is 3.36. The number of hydrogen-bond donors (Lipinski definition) is 2. The van der Waals surface area contributed by atoms with Crippen molar-refractivity contribution in [2.75, 3.05) is 0 Å². The molecule has 0 aliphatic carbocycles. The zero-order valence-electron chi connectivity index (χ0n) is 14.6. The van der Waals surface area contributed by atoms with Crippen molar-refractivity contribution >= 4 is 54.2 Å². The van der Waals surface area contributed by atoms with E-state index in [1.165, 1.54) is 6.07 Å². The van der Waals surface area contributed by atoms with E-state index in [1.807, 2.05) is 41.9 Å². The van der Waals surface area contributed by atoms with Gasteiger partial charge >= 0.3 is 10.1 Å². The van der Waals surface area contributed by atoms with Crippen LogP contribution in [0.3, 0.4) is 0 Å². The predicted molar refractivity (Wildman–Crippen MR) is 105 cm³/mol. The summed E-state index contributed by atoms with van der Waals surface area (Å²) in [7, 11) is -4.27.